The minimum atomic E-state index is -0.809. The second-order valence-electron chi connectivity index (χ2n) is 11.2. The number of likely N-dealkylation sites (N-methyl/N-ethyl adjacent to an activating group) is 2. The second kappa shape index (κ2) is 11.9. The van der Waals surface area contributed by atoms with Crippen molar-refractivity contribution in [2.45, 2.75) is 51.3 Å². The van der Waals surface area contributed by atoms with Gasteiger partial charge in [-0.1, -0.05) is 84.9 Å². The van der Waals surface area contributed by atoms with E-state index in [2.05, 4.69) is 30.3 Å². The molecular weight excluding hydrogens is 488 g/mol. The number of hydrogen-bond acceptors (Lipinski definition) is 4. The van der Waals surface area contributed by atoms with Crippen molar-refractivity contribution >= 4 is 33.5 Å². The Morgan fingerprint density at radius 3 is 1.72 bits per heavy atom. The van der Waals surface area contributed by atoms with Crippen LogP contribution in [0.15, 0.2) is 84.9 Å². The first-order valence-corrected chi connectivity index (χ1v) is 13.3. The standard InChI is InChI=1S/C33H38N2O4/c1-33(2,3)39-32(38)35(5)30(21-24-15-17-26-11-7-9-13-28(26)19-24)31(37)34(4)29(22-36)20-23-14-16-25-10-6-8-12-27(25)18-23/h6-19,29-30,36H,20-22H2,1-5H3/t29-,30-/m1/s1. The lowest BCUT2D eigenvalue weighted by molar-refractivity contribution is -0.138. The number of aliphatic hydroxyl groups excluding tert-OH is 1. The molecule has 0 aliphatic heterocycles. The largest absolute Gasteiger partial charge is 0.444 e. The van der Waals surface area contributed by atoms with Crippen molar-refractivity contribution in [3.8, 4) is 0 Å². The van der Waals surface area contributed by atoms with Crippen LogP contribution in [0.25, 0.3) is 21.5 Å². The van der Waals surface area contributed by atoms with Crippen LogP contribution in [0.5, 0.6) is 0 Å². The maximum absolute atomic E-state index is 14.0. The number of amides is 2. The maximum Gasteiger partial charge on any atom is 0.410 e. The molecule has 4 aromatic rings. The first-order valence-electron chi connectivity index (χ1n) is 13.3. The Hall–Kier alpha value is -3.90. The molecule has 2 atom stereocenters. The first kappa shape index (κ1) is 28.1. The average Bonchev–Trinajstić information content (AvgIpc) is 2.92. The fourth-order valence-corrected chi connectivity index (χ4v) is 4.82. The van der Waals surface area contributed by atoms with Crippen molar-refractivity contribution in [2.24, 2.45) is 0 Å². The van der Waals surface area contributed by atoms with Crippen LogP contribution < -0.4 is 0 Å². The van der Waals surface area contributed by atoms with Crippen LogP contribution in [-0.2, 0) is 22.4 Å². The molecule has 4 aromatic carbocycles. The van der Waals surface area contributed by atoms with Gasteiger partial charge in [0, 0.05) is 20.5 Å². The van der Waals surface area contributed by atoms with Gasteiger partial charge in [0.2, 0.25) is 5.91 Å². The molecule has 0 unspecified atom stereocenters. The highest BCUT2D eigenvalue weighted by atomic mass is 16.6. The van der Waals surface area contributed by atoms with E-state index in [0.717, 1.165) is 32.7 Å². The van der Waals surface area contributed by atoms with Crippen molar-refractivity contribution in [1.29, 1.82) is 0 Å². The molecule has 0 fully saturated rings. The molecule has 0 radical (unpaired) electrons. The lowest BCUT2D eigenvalue weighted by Crippen LogP contribution is -2.53. The number of benzene rings is 4. The molecule has 0 heterocycles. The number of hydrogen-bond donors (Lipinski definition) is 1. The first-order chi connectivity index (χ1) is 18.6. The Bertz CT molecular complexity index is 1460. The van der Waals surface area contributed by atoms with E-state index in [-0.39, 0.29) is 12.5 Å². The summed E-state index contributed by atoms with van der Waals surface area (Å²) in [5.41, 5.74) is 1.27. The van der Waals surface area contributed by atoms with Crippen molar-refractivity contribution in [3.05, 3.63) is 96.1 Å². The monoisotopic (exact) mass is 526 g/mol. The maximum atomic E-state index is 14.0. The summed E-state index contributed by atoms with van der Waals surface area (Å²) in [6, 6.07) is 27.1. The minimum absolute atomic E-state index is 0.200. The molecule has 204 valence electrons. The van der Waals surface area contributed by atoms with Gasteiger partial charge < -0.3 is 14.7 Å². The van der Waals surface area contributed by atoms with E-state index < -0.39 is 23.8 Å². The number of carbonyl (C=O) groups excluding carboxylic acids is 2. The highest BCUT2D eigenvalue weighted by Crippen LogP contribution is 2.22. The number of nitrogens with zero attached hydrogens (tertiary/aromatic N) is 2. The molecule has 0 aliphatic carbocycles. The van der Waals surface area contributed by atoms with Crippen molar-refractivity contribution in [3.63, 3.8) is 0 Å². The lowest BCUT2D eigenvalue weighted by atomic mass is 9.98. The highest BCUT2D eigenvalue weighted by molar-refractivity contribution is 5.87. The number of rotatable bonds is 8. The number of carbonyl (C=O) groups is 2. The third-order valence-electron chi connectivity index (χ3n) is 7.07. The quantitative estimate of drug-likeness (QED) is 0.314. The number of aliphatic hydroxyl groups is 1. The summed E-state index contributed by atoms with van der Waals surface area (Å²) < 4.78 is 5.61. The van der Waals surface area contributed by atoms with Gasteiger partial charge in [0.1, 0.15) is 11.6 Å². The normalized spacial score (nSPS) is 13.2. The Morgan fingerprint density at radius 1 is 0.744 bits per heavy atom. The average molecular weight is 527 g/mol. The predicted molar refractivity (Wildman–Crippen MR) is 157 cm³/mol. The van der Waals surface area contributed by atoms with Crippen LogP contribution in [-0.4, -0.2) is 65.3 Å². The summed E-state index contributed by atoms with van der Waals surface area (Å²) in [6.07, 6.45) is 0.241. The van der Waals surface area contributed by atoms with Crippen LogP contribution in [0.2, 0.25) is 0 Å². The molecular formula is C33H38N2O4. The molecule has 6 nitrogen and oxygen atoms in total. The molecule has 1 N–H and O–H groups in total. The van der Waals surface area contributed by atoms with E-state index in [9.17, 15) is 14.7 Å². The highest BCUT2D eigenvalue weighted by Gasteiger charge is 2.34. The van der Waals surface area contributed by atoms with Gasteiger partial charge in [-0.2, -0.15) is 0 Å². The van der Waals surface area contributed by atoms with Gasteiger partial charge in [0.15, 0.2) is 0 Å². The molecule has 4 rings (SSSR count). The summed E-state index contributed by atoms with van der Waals surface area (Å²) in [5.74, 6) is -0.253. The fraction of sp³-hybridized carbons (Fsp3) is 0.333. The number of ether oxygens (including phenoxy) is 1. The third kappa shape index (κ3) is 6.95. The zero-order valence-electron chi connectivity index (χ0n) is 23.4. The molecule has 39 heavy (non-hydrogen) atoms. The van der Waals surface area contributed by atoms with Crippen molar-refractivity contribution in [1.82, 2.24) is 9.80 Å². The Morgan fingerprint density at radius 2 is 1.23 bits per heavy atom. The molecule has 0 bridgehead atoms. The van der Waals surface area contributed by atoms with Crippen LogP contribution in [0.1, 0.15) is 31.9 Å². The van der Waals surface area contributed by atoms with E-state index in [1.54, 1.807) is 39.8 Å². The topological polar surface area (TPSA) is 70.1 Å². The molecule has 6 heteroatoms. The molecule has 0 saturated carbocycles. The summed E-state index contributed by atoms with van der Waals surface area (Å²) in [6.45, 7) is 5.21. The van der Waals surface area contributed by atoms with Gasteiger partial charge in [-0.15, -0.1) is 0 Å². The van der Waals surface area contributed by atoms with E-state index in [1.807, 2.05) is 54.6 Å². The Balaban J connectivity index is 1.60. The molecule has 0 aromatic heterocycles. The molecule has 2 amide bonds. The van der Waals surface area contributed by atoms with E-state index in [0.29, 0.717) is 12.8 Å². The van der Waals surface area contributed by atoms with Crippen LogP contribution >= 0.6 is 0 Å². The predicted octanol–water partition coefficient (Wildman–Crippen LogP) is 5.83. The van der Waals surface area contributed by atoms with Crippen molar-refractivity contribution < 1.29 is 19.4 Å². The van der Waals surface area contributed by atoms with E-state index >= 15 is 0 Å². The second-order valence-corrected chi connectivity index (χ2v) is 11.2. The summed E-state index contributed by atoms with van der Waals surface area (Å²) in [4.78, 5) is 30.0. The minimum Gasteiger partial charge on any atom is -0.444 e. The summed E-state index contributed by atoms with van der Waals surface area (Å²) >= 11 is 0. The van der Waals surface area contributed by atoms with Gasteiger partial charge in [-0.25, -0.2) is 4.79 Å². The summed E-state index contributed by atoms with van der Waals surface area (Å²) in [7, 11) is 3.30. The van der Waals surface area contributed by atoms with Gasteiger partial charge in [0.25, 0.3) is 0 Å². The van der Waals surface area contributed by atoms with Crippen molar-refractivity contribution in [2.75, 3.05) is 20.7 Å². The van der Waals surface area contributed by atoms with E-state index in [4.69, 9.17) is 4.74 Å². The van der Waals surface area contributed by atoms with Gasteiger partial charge in [0.05, 0.1) is 12.6 Å². The van der Waals surface area contributed by atoms with Gasteiger partial charge in [-0.3, -0.25) is 9.69 Å². The van der Waals surface area contributed by atoms with Gasteiger partial charge in [-0.05, 0) is 59.9 Å². The molecule has 0 spiro atoms. The SMILES string of the molecule is CN(C(=O)[C@@H](Cc1ccc2ccccc2c1)N(C)C(=O)OC(C)(C)C)[C@@H](CO)Cc1ccc2ccccc2c1. The molecule has 0 aliphatic rings. The van der Waals surface area contributed by atoms with Crippen LogP contribution in [0, 0.1) is 0 Å². The zero-order chi connectivity index (χ0) is 28.2. The number of fused-ring (bicyclic) bond motifs is 2. The fourth-order valence-electron chi connectivity index (χ4n) is 4.82. The Kier molecular flexibility index (Phi) is 8.56. The summed E-state index contributed by atoms with van der Waals surface area (Å²) in [5, 5.41) is 14.7. The van der Waals surface area contributed by atoms with Crippen LogP contribution in [0.4, 0.5) is 4.79 Å². The van der Waals surface area contributed by atoms with Crippen LogP contribution in [0.3, 0.4) is 0 Å². The van der Waals surface area contributed by atoms with Gasteiger partial charge >= 0.3 is 6.09 Å². The zero-order valence-corrected chi connectivity index (χ0v) is 23.4. The Labute approximate surface area is 230 Å². The smallest absolute Gasteiger partial charge is 0.410 e. The molecule has 0 saturated heterocycles. The van der Waals surface area contributed by atoms with E-state index in [1.165, 1.54) is 4.90 Å². The lowest BCUT2D eigenvalue weighted by Gasteiger charge is -2.35. The third-order valence-corrected chi connectivity index (χ3v) is 7.07.